The monoisotopic (exact) mass is 257 g/mol. The number of piperidine rings is 1. The summed E-state index contributed by atoms with van der Waals surface area (Å²) < 4.78 is 1.90. The third-order valence-corrected chi connectivity index (χ3v) is 3.94. The van der Waals surface area contributed by atoms with Crippen LogP contribution >= 0.6 is 11.6 Å². The lowest BCUT2D eigenvalue weighted by Crippen LogP contribution is -2.45. The fraction of sp³-hybridized carbons (Fsp3) is 0.750. The number of rotatable bonds is 3. The first kappa shape index (κ1) is 12.9. The van der Waals surface area contributed by atoms with Gasteiger partial charge in [0.15, 0.2) is 0 Å². The Labute approximate surface area is 107 Å². The maximum Gasteiger partial charge on any atom is 0.128 e. The largest absolute Gasteiger partial charge is 0.392 e. The number of aliphatic hydroxyl groups excluding tert-OH is 1. The van der Waals surface area contributed by atoms with Gasteiger partial charge in [-0.2, -0.15) is 0 Å². The highest BCUT2D eigenvalue weighted by atomic mass is 35.5. The standard InChI is InChI=1S/C12H20ClN3O/c1-9(17)10-5-3-4-6-16(10)8-12-14-7-11(13)15(12)2/h7,9-10,17H,3-6,8H2,1-2H3. The van der Waals surface area contributed by atoms with E-state index in [4.69, 9.17) is 11.6 Å². The number of hydrogen-bond acceptors (Lipinski definition) is 3. The van der Waals surface area contributed by atoms with Gasteiger partial charge in [-0.05, 0) is 26.3 Å². The molecule has 2 unspecified atom stereocenters. The molecule has 1 aliphatic heterocycles. The van der Waals surface area contributed by atoms with Gasteiger partial charge < -0.3 is 9.67 Å². The van der Waals surface area contributed by atoms with Crippen LogP contribution in [0.1, 0.15) is 32.0 Å². The molecule has 0 spiro atoms. The van der Waals surface area contributed by atoms with Crippen molar-refractivity contribution in [3.8, 4) is 0 Å². The van der Waals surface area contributed by atoms with Crippen LogP contribution in [-0.2, 0) is 13.6 Å². The Hall–Kier alpha value is -0.580. The maximum atomic E-state index is 9.81. The van der Waals surface area contributed by atoms with Gasteiger partial charge in [-0.15, -0.1) is 0 Å². The predicted octanol–water partition coefficient (Wildman–Crippen LogP) is 1.81. The maximum absolute atomic E-state index is 9.81. The van der Waals surface area contributed by atoms with E-state index in [1.807, 2.05) is 18.5 Å². The molecule has 0 saturated carbocycles. The van der Waals surface area contributed by atoms with Crippen LogP contribution in [0.15, 0.2) is 6.20 Å². The van der Waals surface area contributed by atoms with Gasteiger partial charge in [0, 0.05) is 13.1 Å². The Kier molecular flexibility index (Phi) is 4.07. The molecule has 2 atom stereocenters. The van der Waals surface area contributed by atoms with E-state index in [1.54, 1.807) is 6.20 Å². The second-order valence-corrected chi connectivity index (χ2v) is 5.22. The van der Waals surface area contributed by atoms with Gasteiger partial charge in [-0.25, -0.2) is 4.98 Å². The van der Waals surface area contributed by atoms with E-state index in [1.165, 1.54) is 12.8 Å². The van der Waals surface area contributed by atoms with Crippen molar-refractivity contribution >= 4 is 11.6 Å². The zero-order valence-corrected chi connectivity index (χ0v) is 11.2. The molecule has 0 aromatic carbocycles. The molecule has 1 saturated heterocycles. The SMILES string of the molecule is CC(O)C1CCCCN1Cc1ncc(Cl)n1C. The van der Waals surface area contributed by atoms with Crippen LogP contribution in [-0.4, -0.2) is 38.2 Å². The highest BCUT2D eigenvalue weighted by molar-refractivity contribution is 6.29. The zero-order chi connectivity index (χ0) is 12.4. The predicted molar refractivity (Wildman–Crippen MR) is 67.9 cm³/mol. The van der Waals surface area contributed by atoms with Crippen LogP contribution in [0.25, 0.3) is 0 Å². The van der Waals surface area contributed by atoms with Crippen LogP contribution < -0.4 is 0 Å². The van der Waals surface area contributed by atoms with Gasteiger partial charge in [-0.1, -0.05) is 18.0 Å². The van der Waals surface area contributed by atoms with E-state index < -0.39 is 0 Å². The van der Waals surface area contributed by atoms with E-state index >= 15 is 0 Å². The third-order valence-electron chi connectivity index (χ3n) is 3.59. The summed E-state index contributed by atoms with van der Waals surface area (Å²) in [5, 5.41) is 10.5. The van der Waals surface area contributed by atoms with Crippen LogP contribution in [0.3, 0.4) is 0 Å². The number of aromatic nitrogens is 2. The molecule has 0 amide bonds. The summed E-state index contributed by atoms with van der Waals surface area (Å²) in [7, 11) is 1.92. The first-order valence-electron chi connectivity index (χ1n) is 6.18. The Bertz CT molecular complexity index is 378. The molecular weight excluding hydrogens is 238 g/mol. The van der Waals surface area contributed by atoms with Crippen LogP contribution in [0.4, 0.5) is 0 Å². The lowest BCUT2D eigenvalue weighted by molar-refractivity contribution is 0.0298. The molecule has 96 valence electrons. The summed E-state index contributed by atoms with van der Waals surface area (Å²) in [6.07, 6.45) is 4.86. The second-order valence-electron chi connectivity index (χ2n) is 4.83. The van der Waals surface area contributed by atoms with E-state index in [0.29, 0.717) is 5.15 Å². The van der Waals surface area contributed by atoms with Crippen molar-refractivity contribution in [1.29, 1.82) is 0 Å². The summed E-state index contributed by atoms with van der Waals surface area (Å²) in [6, 6.07) is 0.249. The highest BCUT2D eigenvalue weighted by Gasteiger charge is 2.27. The first-order chi connectivity index (χ1) is 8.09. The van der Waals surface area contributed by atoms with E-state index in [2.05, 4.69) is 9.88 Å². The topological polar surface area (TPSA) is 41.3 Å². The Morgan fingerprint density at radius 1 is 1.59 bits per heavy atom. The molecule has 2 heterocycles. The van der Waals surface area contributed by atoms with E-state index in [0.717, 1.165) is 25.3 Å². The molecule has 17 heavy (non-hydrogen) atoms. The van der Waals surface area contributed by atoms with Crippen molar-refractivity contribution in [2.45, 2.75) is 44.9 Å². The normalized spacial score (nSPS) is 23.9. The molecule has 0 aliphatic carbocycles. The number of imidazole rings is 1. The van der Waals surface area contributed by atoms with Crippen molar-refractivity contribution in [3.05, 3.63) is 17.2 Å². The molecule has 1 fully saturated rings. The van der Waals surface area contributed by atoms with Gasteiger partial charge in [0.25, 0.3) is 0 Å². The molecule has 1 aromatic rings. The van der Waals surface area contributed by atoms with Crippen molar-refractivity contribution in [3.63, 3.8) is 0 Å². The van der Waals surface area contributed by atoms with E-state index in [-0.39, 0.29) is 12.1 Å². The lowest BCUT2D eigenvalue weighted by atomic mass is 9.98. The van der Waals surface area contributed by atoms with E-state index in [9.17, 15) is 5.11 Å². The summed E-state index contributed by atoms with van der Waals surface area (Å²) in [4.78, 5) is 6.62. The Morgan fingerprint density at radius 2 is 2.35 bits per heavy atom. The second kappa shape index (κ2) is 5.38. The molecule has 1 N–H and O–H groups in total. The molecule has 4 nitrogen and oxygen atoms in total. The Balaban J connectivity index is 2.08. The van der Waals surface area contributed by atoms with Crippen molar-refractivity contribution in [1.82, 2.24) is 14.5 Å². The summed E-state index contributed by atoms with van der Waals surface area (Å²) in [6.45, 7) is 3.66. The fourth-order valence-corrected chi connectivity index (χ4v) is 2.66. The van der Waals surface area contributed by atoms with Gasteiger partial charge in [0.2, 0.25) is 0 Å². The van der Waals surface area contributed by atoms with Gasteiger partial charge >= 0.3 is 0 Å². The zero-order valence-electron chi connectivity index (χ0n) is 10.4. The molecular formula is C12H20ClN3O. The first-order valence-corrected chi connectivity index (χ1v) is 6.55. The van der Waals surface area contributed by atoms with Crippen LogP contribution in [0.5, 0.6) is 0 Å². The summed E-state index contributed by atoms with van der Waals surface area (Å²) >= 11 is 5.98. The van der Waals surface area contributed by atoms with Crippen LogP contribution in [0.2, 0.25) is 5.15 Å². The van der Waals surface area contributed by atoms with Crippen molar-refractivity contribution in [2.24, 2.45) is 7.05 Å². The van der Waals surface area contributed by atoms with Crippen molar-refractivity contribution in [2.75, 3.05) is 6.54 Å². The molecule has 0 radical (unpaired) electrons. The van der Waals surface area contributed by atoms with Crippen LogP contribution in [0, 0.1) is 0 Å². The fourth-order valence-electron chi connectivity index (χ4n) is 2.51. The average Bonchev–Trinajstić information content (AvgIpc) is 2.61. The minimum atomic E-state index is -0.286. The smallest absolute Gasteiger partial charge is 0.128 e. The molecule has 1 aromatic heterocycles. The molecule has 2 rings (SSSR count). The minimum absolute atomic E-state index is 0.249. The number of aliphatic hydroxyl groups is 1. The lowest BCUT2D eigenvalue weighted by Gasteiger charge is -2.37. The summed E-state index contributed by atoms with van der Waals surface area (Å²) in [5.41, 5.74) is 0. The molecule has 5 heteroatoms. The molecule has 0 bridgehead atoms. The number of likely N-dealkylation sites (tertiary alicyclic amines) is 1. The highest BCUT2D eigenvalue weighted by Crippen LogP contribution is 2.22. The van der Waals surface area contributed by atoms with Gasteiger partial charge in [0.05, 0.1) is 18.8 Å². The third kappa shape index (κ3) is 2.81. The average molecular weight is 258 g/mol. The van der Waals surface area contributed by atoms with Crippen molar-refractivity contribution < 1.29 is 5.11 Å². The quantitative estimate of drug-likeness (QED) is 0.898. The number of nitrogens with zero attached hydrogens (tertiary/aromatic N) is 3. The van der Waals surface area contributed by atoms with Gasteiger partial charge in [0.1, 0.15) is 11.0 Å². The number of hydrogen-bond donors (Lipinski definition) is 1. The summed E-state index contributed by atoms with van der Waals surface area (Å²) in [5.74, 6) is 0.961. The Morgan fingerprint density at radius 3 is 2.94 bits per heavy atom. The van der Waals surface area contributed by atoms with Gasteiger partial charge in [-0.3, -0.25) is 4.90 Å². The molecule has 1 aliphatic rings. The number of halogens is 1. The minimum Gasteiger partial charge on any atom is -0.392 e.